The van der Waals surface area contributed by atoms with E-state index in [1.807, 2.05) is 0 Å². The van der Waals surface area contributed by atoms with E-state index in [2.05, 4.69) is 27.9 Å². The van der Waals surface area contributed by atoms with E-state index in [1.165, 1.54) is 6.40 Å². The molecule has 0 fully saturated rings. The molecule has 4 heteroatoms. The van der Waals surface area contributed by atoms with Crippen molar-refractivity contribution in [3.05, 3.63) is 0 Å². The smallest absolute Gasteiger partial charge is 0.231 e. The van der Waals surface area contributed by atoms with Crippen molar-refractivity contribution in [2.24, 2.45) is 5.10 Å². The Hall–Kier alpha value is -0.380. The van der Waals surface area contributed by atoms with Gasteiger partial charge in [0, 0.05) is 0 Å². The summed E-state index contributed by atoms with van der Waals surface area (Å²) in [5, 5.41) is 3.49. The summed E-state index contributed by atoms with van der Waals surface area (Å²) >= 11 is 3.83. The van der Waals surface area contributed by atoms with Gasteiger partial charge in [-0.2, -0.15) is 0 Å². The first-order chi connectivity index (χ1) is 2.89. The van der Waals surface area contributed by atoms with Gasteiger partial charge in [0.15, 0.2) is 6.40 Å². The van der Waals surface area contributed by atoms with E-state index >= 15 is 0 Å². The van der Waals surface area contributed by atoms with Gasteiger partial charge in [-0.25, -0.2) is 0 Å². The topological polar surface area (TPSA) is 33.6 Å². The maximum Gasteiger partial charge on any atom is 0.231 e. The largest absolute Gasteiger partial charge is 0.448 e. The molecular formula is C2H4N2OS. The predicted molar refractivity (Wildman–Crippen MR) is 25.5 cm³/mol. The van der Waals surface area contributed by atoms with Crippen LogP contribution in [-0.2, 0) is 4.74 Å². The molecule has 0 spiro atoms. The zero-order valence-electron chi connectivity index (χ0n) is 2.96. The van der Waals surface area contributed by atoms with Crippen LogP contribution in [0, 0.1) is 0 Å². The highest BCUT2D eigenvalue weighted by molar-refractivity contribution is 7.80. The summed E-state index contributed by atoms with van der Waals surface area (Å²) in [6, 6.07) is 0. The number of hydrogen-bond acceptors (Lipinski definition) is 4. The van der Waals surface area contributed by atoms with Crippen LogP contribution < -0.4 is 5.43 Å². The van der Waals surface area contributed by atoms with E-state index in [0.717, 1.165) is 0 Å². The van der Waals surface area contributed by atoms with Crippen LogP contribution in [0.15, 0.2) is 5.10 Å². The number of ether oxygens (including phenoxy) is 1. The number of thiol groups is 1. The first-order valence-electron chi connectivity index (χ1n) is 1.50. The average Bonchev–Trinajstić information content (AvgIpc) is 1.86. The fourth-order valence-electron chi connectivity index (χ4n) is 0.213. The molecule has 1 aliphatic heterocycles. The third-order valence-electron chi connectivity index (χ3n) is 0.427. The Morgan fingerprint density at radius 3 is 3.00 bits per heavy atom. The molecule has 3 nitrogen and oxygen atoms in total. The molecule has 1 heterocycles. The first-order valence-corrected chi connectivity index (χ1v) is 2.02. The van der Waals surface area contributed by atoms with Crippen molar-refractivity contribution in [3.8, 4) is 0 Å². The van der Waals surface area contributed by atoms with Gasteiger partial charge in [-0.15, -0.1) is 17.7 Å². The number of nitrogens with one attached hydrogen (secondary N) is 1. The highest BCUT2D eigenvalue weighted by atomic mass is 32.1. The van der Waals surface area contributed by atoms with Gasteiger partial charge in [0.2, 0.25) is 5.56 Å². The van der Waals surface area contributed by atoms with Crippen LogP contribution >= 0.6 is 12.6 Å². The van der Waals surface area contributed by atoms with Crippen LogP contribution in [-0.4, -0.2) is 12.0 Å². The van der Waals surface area contributed by atoms with Gasteiger partial charge in [0.05, 0.1) is 0 Å². The summed E-state index contributed by atoms with van der Waals surface area (Å²) in [6.07, 6.45) is 1.32. The van der Waals surface area contributed by atoms with Crippen LogP contribution in [0.1, 0.15) is 0 Å². The molecule has 0 aromatic heterocycles. The van der Waals surface area contributed by atoms with E-state index in [0.29, 0.717) is 0 Å². The SMILES string of the molecule is SC1NN=CO1. The van der Waals surface area contributed by atoms with Crippen molar-refractivity contribution in [2.75, 3.05) is 0 Å². The third-order valence-corrected chi connectivity index (χ3v) is 0.665. The van der Waals surface area contributed by atoms with Gasteiger partial charge in [0.25, 0.3) is 0 Å². The normalized spacial score (nSPS) is 29.2. The molecule has 1 atom stereocenters. The Morgan fingerprint density at radius 1 is 2.00 bits per heavy atom. The summed E-state index contributed by atoms with van der Waals surface area (Å²) in [5.41, 5.74) is 2.30. The quantitative estimate of drug-likeness (QED) is 0.416. The van der Waals surface area contributed by atoms with Crippen LogP contribution in [0.4, 0.5) is 0 Å². The van der Waals surface area contributed by atoms with Crippen molar-refractivity contribution in [2.45, 2.75) is 5.56 Å². The zero-order chi connectivity index (χ0) is 4.41. The number of hydrogen-bond donors (Lipinski definition) is 2. The summed E-state index contributed by atoms with van der Waals surface area (Å²) < 4.78 is 4.61. The lowest BCUT2D eigenvalue weighted by molar-refractivity contribution is 0.292. The van der Waals surface area contributed by atoms with E-state index < -0.39 is 0 Å². The predicted octanol–water partition coefficient (Wildman–Crippen LogP) is -0.237. The van der Waals surface area contributed by atoms with Gasteiger partial charge in [-0.3, -0.25) is 5.43 Å². The second-order valence-corrected chi connectivity index (χ2v) is 1.32. The Morgan fingerprint density at radius 2 is 2.83 bits per heavy atom. The van der Waals surface area contributed by atoms with E-state index in [1.54, 1.807) is 0 Å². The monoisotopic (exact) mass is 104 g/mol. The van der Waals surface area contributed by atoms with Crippen molar-refractivity contribution >= 4 is 19.0 Å². The van der Waals surface area contributed by atoms with Crippen LogP contribution in [0.3, 0.4) is 0 Å². The van der Waals surface area contributed by atoms with Gasteiger partial charge in [0.1, 0.15) is 0 Å². The minimum atomic E-state index is -0.231. The van der Waals surface area contributed by atoms with Crippen molar-refractivity contribution in [1.29, 1.82) is 0 Å². The standard InChI is InChI=1S/C2H4N2OS/c6-2-4-3-1-5-2/h1-2,4,6H. The fraction of sp³-hybridized carbons (Fsp3) is 0.500. The second-order valence-electron chi connectivity index (χ2n) is 0.852. The molecule has 1 unspecified atom stereocenters. The molecule has 0 aliphatic carbocycles. The van der Waals surface area contributed by atoms with Crippen LogP contribution in [0.2, 0.25) is 0 Å². The summed E-state index contributed by atoms with van der Waals surface area (Å²) in [7, 11) is 0. The molecule has 0 aromatic carbocycles. The average molecular weight is 104 g/mol. The lowest BCUT2D eigenvalue weighted by Crippen LogP contribution is -2.11. The maximum atomic E-state index is 4.61. The Labute approximate surface area is 40.8 Å². The molecule has 0 bridgehead atoms. The lowest BCUT2D eigenvalue weighted by Gasteiger charge is -1.95. The zero-order valence-corrected chi connectivity index (χ0v) is 3.85. The highest BCUT2D eigenvalue weighted by Crippen LogP contribution is 1.93. The molecule has 0 saturated carbocycles. The minimum absolute atomic E-state index is 0.231. The molecule has 0 aromatic rings. The van der Waals surface area contributed by atoms with Gasteiger partial charge >= 0.3 is 0 Å². The fourth-order valence-corrected chi connectivity index (χ4v) is 0.334. The number of nitrogens with zero attached hydrogens (tertiary/aromatic N) is 1. The van der Waals surface area contributed by atoms with Gasteiger partial charge in [-0.05, 0) is 0 Å². The van der Waals surface area contributed by atoms with Gasteiger partial charge < -0.3 is 4.74 Å². The number of rotatable bonds is 0. The highest BCUT2D eigenvalue weighted by Gasteiger charge is 2.00. The summed E-state index contributed by atoms with van der Waals surface area (Å²) in [4.78, 5) is 0. The lowest BCUT2D eigenvalue weighted by atomic mass is 11.3. The molecular weight excluding hydrogens is 100 g/mol. The van der Waals surface area contributed by atoms with Crippen molar-refractivity contribution < 1.29 is 4.74 Å². The Balaban J connectivity index is 2.32. The van der Waals surface area contributed by atoms with Crippen molar-refractivity contribution in [3.63, 3.8) is 0 Å². The van der Waals surface area contributed by atoms with Crippen LogP contribution in [0.5, 0.6) is 0 Å². The molecule has 0 saturated heterocycles. The molecule has 6 heavy (non-hydrogen) atoms. The van der Waals surface area contributed by atoms with E-state index in [-0.39, 0.29) is 5.56 Å². The Bertz CT molecular complexity index is 65.9. The maximum absolute atomic E-state index is 4.61. The first kappa shape index (κ1) is 3.80. The van der Waals surface area contributed by atoms with E-state index in [4.69, 9.17) is 0 Å². The minimum Gasteiger partial charge on any atom is -0.448 e. The molecule has 1 rings (SSSR count). The third kappa shape index (κ3) is 0.567. The second kappa shape index (κ2) is 1.38. The Kier molecular flexibility index (Phi) is 0.874. The molecule has 0 radical (unpaired) electrons. The summed E-state index contributed by atoms with van der Waals surface area (Å²) in [6.45, 7) is 0. The van der Waals surface area contributed by atoms with Gasteiger partial charge in [-0.1, -0.05) is 0 Å². The van der Waals surface area contributed by atoms with E-state index in [9.17, 15) is 0 Å². The number of hydrazone groups is 1. The molecule has 34 valence electrons. The molecule has 1 N–H and O–H groups in total. The molecule has 1 aliphatic rings. The van der Waals surface area contributed by atoms with Crippen LogP contribution in [0.25, 0.3) is 0 Å². The molecule has 0 amide bonds. The summed E-state index contributed by atoms with van der Waals surface area (Å²) in [5.74, 6) is 0. The van der Waals surface area contributed by atoms with Crippen molar-refractivity contribution in [1.82, 2.24) is 5.43 Å².